The highest BCUT2D eigenvalue weighted by Gasteiger charge is 2.73. The van der Waals surface area contributed by atoms with Crippen LogP contribution in [0.5, 0.6) is 5.75 Å². The first-order valence-electron chi connectivity index (χ1n) is 10.2. The van der Waals surface area contributed by atoms with Crippen molar-refractivity contribution in [1.82, 2.24) is 4.90 Å². The molecule has 3 aliphatic heterocycles. The lowest BCUT2D eigenvalue weighted by Gasteiger charge is -2.32. The Balaban J connectivity index is 1.66. The van der Waals surface area contributed by atoms with Crippen LogP contribution >= 0.6 is 15.9 Å². The number of nitrogens with zero attached hydrogens (tertiary/aromatic N) is 2. The van der Waals surface area contributed by atoms with Crippen molar-refractivity contribution in [3.8, 4) is 18.1 Å². The van der Waals surface area contributed by atoms with Crippen LogP contribution in [0.3, 0.4) is 0 Å². The Morgan fingerprint density at radius 1 is 1.35 bits per heavy atom. The maximum absolute atomic E-state index is 13.4. The molecule has 1 spiro atoms. The number of amides is 1. The Labute approximate surface area is 188 Å². The average Bonchev–Trinajstić information content (AvgIpc) is 3.40. The minimum atomic E-state index is -1.31. The fourth-order valence-electron chi connectivity index (χ4n) is 5.74. The molecule has 0 radical (unpaired) electrons. The van der Waals surface area contributed by atoms with E-state index in [1.807, 2.05) is 36.4 Å². The van der Waals surface area contributed by atoms with Gasteiger partial charge in [0.25, 0.3) is 11.9 Å². The second-order valence-corrected chi connectivity index (χ2v) is 8.96. The normalized spacial score (nSPS) is 28.8. The maximum atomic E-state index is 13.4. The van der Waals surface area contributed by atoms with E-state index in [0.717, 1.165) is 18.4 Å². The maximum Gasteiger partial charge on any atom is 0.256 e. The molecule has 0 unspecified atom stereocenters. The topological polar surface area (TPSA) is 84.7 Å². The van der Waals surface area contributed by atoms with Crippen molar-refractivity contribution in [3.05, 3.63) is 68.2 Å². The van der Waals surface area contributed by atoms with Gasteiger partial charge in [0, 0.05) is 28.8 Å². The summed E-state index contributed by atoms with van der Waals surface area (Å²) in [7, 11) is 0. The second-order valence-electron chi connectivity index (χ2n) is 8.11. The van der Waals surface area contributed by atoms with E-state index in [-0.39, 0.29) is 23.5 Å². The van der Waals surface area contributed by atoms with Crippen molar-refractivity contribution in [2.24, 2.45) is 0 Å². The predicted octanol–water partition coefficient (Wildman–Crippen LogP) is 3.52. The molecule has 1 N–H and O–H groups in total. The molecule has 158 valence electrons. The van der Waals surface area contributed by atoms with Gasteiger partial charge in [-0.3, -0.25) is 19.8 Å². The molecule has 2 fully saturated rings. The number of nitrogens with one attached hydrogen (secondary N) is 1. The van der Waals surface area contributed by atoms with Gasteiger partial charge >= 0.3 is 0 Å². The van der Waals surface area contributed by atoms with E-state index in [4.69, 9.17) is 11.2 Å². The average molecular weight is 482 g/mol. The number of benzene rings is 2. The number of fused-ring (bicyclic) bond motifs is 4. The summed E-state index contributed by atoms with van der Waals surface area (Å²) < 4.78 is 6.21. The van der Waals surface area contributed by atoms with Gasteiger partial charge in [-0.25, -0.2) is 0 Å². The van der Waals surface area contributed by atoms with E-state index in [9.17, 15) is 14.9 Å². The zero-order chi connectivity index (χ0) is 21.8. The fourth-order valence-corrected chi connectivity index (χ4v) is 6.25. The predicted molar refractivity (Wildman–Crippen MR) is 118 cm³/mol. The van der Waals surface area contributed by atoms with Crippen LogP contribution in [0.4, 0.5) is 5.69 Å². The van der Waals surface area contributed by atoms with Crippen LogP contribution in [-0.2, 0) is 10.3 Å². The first kappa shape index (κ1) is 20.0. The van der Waals surface area contributed by atoms with Gasteiger partial charge in [-0.1, -0.05) is 30.2 Å². The first-order chi connectivity index (χ1) is 15.0. The number of anilines is 1. The molecule has 2 aromatic rings. The molecule has 31 heavy (non-hydrogen) atoms. The van der Waals surface area contributed by atoms with Crippen LogP contribution < -0.4 is 10.1 Å². The molecule has 7 nitrogen and oxygen atoms in total. The zero-order valence-electron chi connectivity index (χ0n) is 16.6. The van der Waals surface area contributed by atoms with E-state index in [1.54, 1.807) is 6.07 Å². The fraction of sp³-hybridized carbons (Fsp3) is 0.348. The summed E-state index contributed by atoms with van der Waals surface area (Å²) in [4.78, 5) is 27.8. The Kier molecular flexibility index (Phi) is 4.76. The molecule has 0 aliphatic carbocycles. The molecule has 0 aromatic heterocycles. The number of terminal acetylenes is 1. The summed E-state index contributed by atoms with van der Waals surface area (Å²) >= 11 is 3.51. The van der Waals surface area contributed by atoms with Gasteiger partial charge in [0.05, 0.1) is 10.4 Å². The Bertz CT molecular complexity index is 1130. The van der Waals surface area contributed by atoms with E-state index in [1.165, 1.54) is 0 Å². The third kappa shape index (κ3) is 2.73. The summed E-state index contributed by atoms with van der Waals surface area (Å²) in [6.45, 7) is 0.785. The van der Waals surface area contributed by atoms with Crippen LogP contribution in [0, 0.1) is 22.5 Å². The number of hydrogen-bond acceptors (Lipinski definition) is 5. The number of ether oxygens (including phenoxy) is 1. The summed E-state index contributed by atoms with van der Waals surface area (Å²) in [5, 5.41) is 15.5. The van der Waals surface area contributed by atoms with Gasteiger partial charge in [0.15, 0.2) is 5.54 Å². The molecule has 3 aliphatic rings. The van der Waals surface area contributed by atoms with Gasteiger partial charge in [-0.05, 0) is 52.5 Å². The van der Waals surface area contributed by atoms with E-state index < -0.39 is 17.5 Å². The molecular formula is C23H20BrN3O4. The van der Waals surface area contributed by atoms with Gasteiger partial charge < -0.3 is 10.1 Å². The Morgan fingerprint density at radius 2 is 2.16 bits per heavy atom. The number of carbonyl (C=O) groups excluding carboxylic acids is 1. The van der Waals surface area contributed by atoms with Gasteiger partial charge in [-0.15, -0.1) is 6.42 Å². The highest BCUT2D eigenvalue weighted by molar-refractivity contribution is 9.10. The first-order valence-corrected chi connectivity index (χ1v) is 11.0. The number of para-hydroxylation sites is 1. The standard InChI is InChI=1S/C23H20BrN3O4/c1-2-12-31-19-10-9-14(13-16(19)24)20-18-8-5-11-26(18)23(21(20)27(29)30)15-6-3-4-7-17(15)25-22(23)28/h1,3-4,6-7,9-10,13,18,20-21H,5,8,11-12H2,(H,25,28)/t18-,20+,21-,23-/m0/s1. The lowest BCUT2D eigenvalue weighted by Crippen LogP contribution is -2.55. The van der Waals surface area contributed by atoms with Crippen LogP contribution in [-0.4, -0.2) is 41.0 Å². The molecule has 5 rings (SSSR count). The van der Waals surface area contributed by atoms with E-state index in [0.29, 0.717) is 28.0 Å². The largest absolute Gasteiger partial charge is 0.480 e. The molecule has 0 bridgehead atoms. The van der Waals surface area contributed by atoms with Crippen LogP contribution in [0.15, 0.2) is 46.9 Å². The number of rotatable bonds is 4. The van der Waals surface area contributed by atoms with Crippen molar-refractivity contribution in [2.45, 2.75) is 36.4 Å². The SMILES string of the molecule is C#CCOc1ccc([C@H]2[C@H]([N+](=O)[O-])[C@@]3(C(=O)Nc4ccccc43)N3CCC[C@@H]23)cc1Br. The van der Waals surface area contributed by atoms with Crippen molar-refractivity contribution < 1.29 is 14.5 Å². The van der Waals surface area contributed by atoms with Crippen LogP contribution in [0.1, 0.15) is 29.9 Å². The lowest BCUT2D eigenvalue weighted by molar-refractivity contribution is -0.534. The zero-order valence-corrected chi connectivity index (χ0v) is 18.2. The van der Waals surface area contributed by atoms with Crippen LogP contribution in [0.2, 0.25) is 0 Å². The third-order valence-electron chi connectivity index (χ3n) is 6.75. The number of hydrogen-bond donors (Lipinski definition) is 1. The quantitative estimate of drug-likeness (QED) is 0.410. The van der Waals surface area contributed by atoms with Crippen molar-refractivity contribution in [2.75, 3.05) is 18.5 Å². The summed E-state index contributed by atoms with van der Waals surface area (Å²) in [5.74, 6) is 2.27. The molecule has 8 heteroatoms. The molecule has 2 saturated heterocycles. The minimum absolute atomic E-state index is 0.100. The highest BCUT2D eigenvalue weighted by atomic mass is 79.9. The molecular weight excluding hydrogens is 462 g/mol. The third-order valence-corrected chi connectivity index (χ3v) is 7.37. The smallest absolute Gasteiger partial charge is 0.256 e. The Morgan fingerprint density at radius 3 is 2.90 bits per heavy atom. The van der Waals surface area contributed by atoms with Gasteiger partial charge in [0.2, 0.25) is 0 Å². The molecule has 0 saturated carbocycles. The van der Waals surface area contributed by atoms with Crippen molar-refractivity contribution in [1.29, 1.82) is 0 Å². The molecule has 3 heterocycles. The number of halogens is 1. The number of carbonyl (C=O) groups is 1. The van der Waals surface area contributed by atoms with Crippen molar-refractivity contribution in [3.63, 3.8) is 0 Å². The molecule has 4 atom stereocenters. The summed E-state index contributed by atoms with van der Waals surface area (Å²) in [6.07, 6.45) is 6.98. The monoisotopic (exact) mass is 481 g/mol. The van der Waals surface area contributed by atoms with Crippen molar-refractivity contribution >= 4 is 27.5 Å². The van der Waals surface area contributed by atoms with Crippen LogP contribution in [0.25, 0.3) is 0 Å². The number of nitro groups is 1. The second kappa shape index (κ2) is 7.36. The molecule has 2 aromatic carbocycles. The van der Waals surface area contributed by atoms with Gasteiger partial charge in [-0.2, -0.15) is 0 Å². The molecule has 1 amide bonds. The van der Waals surface area contributed by atoms with Gasteiger partial charge in [0.1, 0.15) is 12.4 Å². The highest BCUT2D eigenvalue weighted by Crippen LogP contribution is 2.58. The Hall–Kier alpha value is -2.89. The lowest BCUT2D eigenvalue weighted by atomic mass is 9.77. The van der Waals surface area contributed by atoms with E-state index >= 15 is 0 Å². The summed E-state index contributed by atoms with van der Waals surface area (Å²) in [5.41, 5.74) is 0.860. The van der Waals surface area contributed by atoms with E-state index in [2.05, 4.69) is 32.1 Å². The minimum Gasteiger partial charge on any atom is -0.480 e. The summed E-state index contributed by atoms with van der Waals surface area (Å²) in [6, 6.07) is 11.6.